The average Bonchev–Trinajstić information content (AvgIpc) is 3.02. The van der Waals surface area contributed by atoms with Gasteiger partial charge in [-0.25, -0.2) is 9.78 Å². The van der Waals surface area contributed by atoms with Crippen molar-refractivity contribution in [2.45, 2.75) is 18.8 Å². The van der Waals surface area contributed by atoms with Crippen LogP contribution >= 0.6 is 0 Å². The van der Waals surface area contributed by atoms with Crippen LogP contribution in [0.2, 0.25) is 0 Å². The fraction of sp³-hybridized carbons (Fsp3) is 0.214. The van der Waals surface area contributed by atoms with Crippen molar-refractivity contribution in [1.82, 2.24) is 10.1 Å². The van der Waals surface area contributed by atoms with Crippen LogP contribution in [0.5, 0.6) is 0 Å². The fourth-order valence-electron chi connectivity index (χ4n) is 2.12. The number of carboxylic acids is 1. The minimum atomic E-state index is -1.14. The number of hydrogen-bond donors (Lipinski definition) is 1. The van der Waals surface area contributed by atoms with Gasteiger partial charge in [-0.05, 0) is 31.0 Å². The highest BCUT2D eigenvalue weighted by molar-refractivity contribution is 5.86. The number of nitrogens with zero attached hydrogens (tertiary/aromatic N) is 2. The van der Waals surface area contributed by atoms with Gasteiger partial charge in [0.2, 0.25) is 5.76 Å². The number of oxazole rings is 1. The fourth-order valence-corrected chi connectivity index (χ4v) is 2.12. The molecule has 100 valence electrons. The van der Waals surface area contributed by atoms with Gasteiger partial charge in [0.15, 0.2) is 11.5 Å². The highest BCUT2D eigenvalue weighted by Gasteiger charge is 2.29. The van der Waals surface area contributed by atoms with E-state index in [2.05, 4.69) is 10.1 Å². The Morgan fingerprint density at radius 3 is 2.85 bits per heavy atom. The first kappa shape index (κ1) is 11.2. The van der Waals surface area contributed by atoms with E-state index in [9.17, 15) is 4.79 Å². The van der Waals surface area contributed by atoms with Crippen LogP contribution < -0.4 is 0 Å². The monoisotopic (exact) mass is 270 g/mol. The third-order valence-corrected chi connectivity index (χ3v) is 3.35. The molecule has 1 aromatic carbocycles. The lowest BCUT2D eigenvalue weighted by Gasteiger charge is -1.93. The SMILES string of the molecule is O=C(O)c1cc(-c2ccc3oc(C4CC4)nc3c2)no1. The molecule has 0 radical (unpaired) electrons. The Bertz CT molecular complexity index is 814. The molecule has 4 rings (SSSR count). The van der Waals surface area contributed by atoms with E-state index in [1.54, 1.807) is 0 Å². The van der Waals surface area contributed by atoms with Crippen LogP contribution in [0.4, 0.5) is 0 Å². The molecule has 1 aliphatic carbocycles. The Balaban J connectivity index is 1.76. The van der Waals surface area contributed by atoms with Crippen molar-refractivity contribution in [3.05, 3.63) is 35.9 Å². The summed E-state index contributed by atoms with van der Waals surface area (Å²) in [6.07, 6.45) is 2.26. The molecule has 1 aliphatic rings. The Morgan fingerprint density at radius 1 is 1.30 bits per heavy atom. The van der Waals surface area contributed by atoms with Gasteiger partial charge < -0.3 is 14.0 Å². The van der Waals surface area contributed by atoms with Gasteiger partial charge >= 0.3 is 5.97 Å². The van der Waals surface area contributed by atoms with Crippen LogP contribution in [0.1, 0.15) is 35.2 Å². The summed E-state index contributed by atoms with van der Waals surface area (Å²) < 4.78 is 10.4. The number of rotatable bonds is 3. The van der Waals surface area contributed by atoms with E-state index < -0.39 is 5.97 Å². The predicted molar refractivity (Wildman–Crippen MR) is 68.4 cm³/mol. The molecule has 0 atom stereocenters. The molecule has 0 bridgehead atoms. The van der Waals surface area contributed by atoms with Crippen LogP contribution in [0.3, 0.4) is 0 Å². The maximum Gasteiger partial charge on any atom is 0.374 e. The Kier molecular flexibility index (Phi) is 2.20. The van der Waals surface area contributed by atoms with Gasteiger partial charge in [0.05, 0.1) is 0 Å². The summed E-state index contributed by atoms with van der Waals surface area (Å²) in [6, 6.07) is 6.85. The smallest absolute Gasteiger partial charge is 0.374 e. The van der Waals surface area contributed by atoms with E-state index in [4.69, 9.17) is 14.0 Å². The maximum atomic E-state index is 10.8. The number of fused-ring (bicyclic) bond motifs is 1. The van der Waals surface area contributed by atoms with Crippen LogP contribution in [0.25, 0.3) is 22.4 Å². The molecule has 0 spiro atoms. The molecule has 0 amide bonds. The molecule has 3 aromatic rings. The van der Waals surface area contributed by atoms with Crippen LogP contribution in [-0.4, -0.2) is 21.2 Å². The highest BCUT2D eigenvalue weighted by atomic mass is 16.5. The standard InChI is InChI=1S/C14H10N2O4/c17-14(18)12-6-9(16-20-12)8-3-4-11-10(5-8)15-13(19-11)7-1-2-7/h3-7H,1-2H2,(H,17,18). The topological polar surface area (TPSA) is 89.4 Å². The summed E-state index contributed by atoms with van der Waals surface area (Å²) >= 11 is 0. The Morgan fingerprint density at radius 2 is 2.15 bits per heavy atom. The van der Waals surface area contributed by atoms with Gasteiger partial charge in [0.25, 0.3) is 0 Å². The van der Waals surface area contributed by atoms with Crippen molar-refractivity contribution in [2.75, 3.05) is 0 Å². The van der Waals surface area contributed by atoms with E-state index in [0.29, 0.717) is 11.6 Å². The van der Waals surface area contributed by atoms with E-state index in [-0.39, 0.29) is 5.76 Å². The zero-order valence-electron chi connectivity index (χ0n) is 10.4. The summed E-state index contributed by atoms with van der Waals surface area (Å²) in [6.45, 7) is 0. The molecule has 1 fully saturated rings. The van der Waals surface area contributed by atoms with Gasteiger partial charge in [0.1, 0.15) is 11.2 Å². The van der Waals surface area contributed by atoms with Crippen molar-refractivity contribution >= 4 is 17.1 Å². The first-order chi connectivity index (χ1) is 9.70. The van der Waals surface area contributed by atoms with Gasteiger partial charge in [-0.1, -0.05) is 5.16 Å². The molecular formula is C14H10N2O4. The second-order valence-electron chi connectivity index (χ2n) is 4.89. The average molecular weight is 270 g/mol. The normalized spacial score (nSPS) is 14.8. The van der Waals surface area contributed by atoms with E-state index in [1.165, 1.54) is 6.07 Å². The Labute approximate surface area is 113 Å². The van der Waals surface area contributed by atoms with Crippen molar-refractivity contribution in [1.29, 1.82) is 0 Å². The van der Waals surface area contributed by atoms with Crippen molar-refractivity contribution < 1.29 is 18.8 Å². The van der Waals surface area contributed by atoms with Gasteiger partial charge in [-0.15, -0.1) is 0 Å². The molecule has 1 saturated carbocycles. The Hall–Kier alpha value is -2.63. The highest BCUT2D eigenvalue weighted by Crippen LogP contribution is 2.40. The van der Waals surface area contributed by atoms with Gasteiger partial charge in [-0.2, -0.15) is 0 Å². The van der Waals surface area contributed by atoms with Gasteiger partial charge in [0, 0.05) is 17.5 Å². The molecule has 6 nitrogen and oxygen atoms in total. The molecule has 0 saturated heterocycles. The number of carboxylic acid groups (broad SMARTS) is 1. The molecule has 6 heteroatoms. The molecular weight excluding hydrogens is 260 g/mol. The molecule has 20 heavy (non-hydrogen) atoms. The maximum absolute atomic E-state index is 10.8. The van der Waals surface area contributed by atoms with Crippen LogP contribution in [0, 0.1) is 0 Å². The predicted octanol–water partition coefficient (Wildman–Crippen LogP) is 3.06. The van der Waals surface area contributed by atoms with E-state index >= 15 is 0 Å². The first-order valence-corrected chi connectivity index (χ1v) is 6.31. The quantitative estimate of drug-likeness (QED) is 0.786. The number of aromatic nitrogens is 2. The summed E-state index contributed by atoms with van der Waals surface area (Å²) in [5, 5.41) is 12.6. The minimum Gasteiger partial charge on any atom is -0.475 e. The molecule has 0 unspecified atom stereocenters. The molecule has 1 N–H and O–H groups in total. The molecule has 2 aromatic heterocycles. The zero-order valence-corrected chi connectivity index (χ0v) is 10.4. The third kappa shape index (κ3) is 1.77. The number of carbonyl (C=O) groups is 1. The number of aromatic carboxylic acids is 1. The van der Waals surface area contributed by atoms with Crippen LogP contribution in [-0.2, 0) is 0 Å². The van der Waals surface area contributed by atoms with E-state index in [1.807, 2.05) is 18.2 Å². The third-order valence-electron chi connectivity index (χ3n) is 3.35. The summed E-state index contributed by atoms with van der Waals surface area (Å²) in [4.78, 5) is 15.2. The second-order valence-corrected chi connectivity index (χ2v) is 4.89. The number of hydrogen-bond acceptors (Lipinski definition) is 5. The van der Waals surface area contributed by atoms with Gasteiger partial charge in [-0.3, -0.25) is 0 Å². The molecule has 0 aliphatic heterocycles. The van der Waals surface area contributed by atoms with Crippen molar-refractivity contribution in [2.24, 2.45) is 0 Å². The van der Waals surface area contributed by atoms with Crippen molar-refractivity contribution in [3.63, 3.8) is 0 Å². The molecule has 2 heterocycles. The lowest BCUT2D eigenvalue weighted by molar-refractivity contribution is 0.0652. The summed E-state index contributed by atoms with van der Waals surface area (Å²) in [5.74, 6) is -0.0822. The summed E-state index contributed by atoms with van der Waals surface area (Å²) in [5.41, 5.74) is 2.71. The first-order valence-electron chi connectivity index (χ1n) is 6.31. The second kappa shape index (κ2) is 3.93. The largest absolute Gasteiger partial charge is 0.475 e. The lowest BCUT2D eigenvalue weighted by atomic mass is 10.1. The minimum absolute atomic E-state index is 0.182. The van der Waals surface area contributed by atoms with Crippen LogP contribution in [0.15, 0.2) is 33.2 Å². The number of benzene rings is 1. The van der Waals surface area contributed by atoms with Crippen molar-refractivity contribution in [3.8, 4) is 11.3 Å². The zero-order chi connectivity index (χ0) is 13.7. The summed E-state index contributed by atoms with van der Waals surface area (Å²) in [7, 11) is 0. The lowest BCUT2D eigenvalue weighted by Crippen LogP contribution is -1.91. The van der Waals surface area contributed by atoms with E-state index in [0.717, 1.165) is 35.4 Å².